The molecule has 8 heteroatoms. The van der Waals surface area contributed by atoms with Crippen molar-refractivity contribution in [2.24, 2.45) is 0 Å². The van der Waals surface area contributed by atoms with Crippen LogP contribution in [0.5, 0.6) is 11.5 Å². The number of aliphatic hydroxyl groups excluding tert-OH is 1. The van der Waals surface area contributed by atoms with E-state index < -0.39 is 11.5 Å². The van der Waals surface area contributed by atoms with E-state index in [0.717, 1.165) is 11.0 Å². The highest BCUT2D eigenvalue weighted by molar-refractivity contribution is 6.26. The number of rotatable bonds is 6. The molecule has 0 radical (unpaired) electrons. The van der Waals surface area contributed by atoms with Gasteiger partial charge in [0, 0.05) is 31.2 Å². The Morgan fingerprint density at radius 2 is 1.87 bits per heavy atom. The molecule has 156 valence electrons. The molecule has 1 saturated heterocycles. The normalized spacial score (nSPS) is 21.5. The number of carbonyl (C=O) groups is 1. The molecular formula is C22H24N4O4. The number of H-pyrrole nitrogens is 1. The van der Waals surface area contributed by atoms with Crippen LogP contribution in [-0.2, 0) is 4.79 Å². The number of aromatic amines is 1. The van der Waals surface area contributed by atoms with Gasteiger partial charge in [-0.25, -0.2) is 4.98 Å². The minimum absolute atomic E-state index is 0.0883. The van der Waals surface area contributed by atoms with E-state index in [2.05, 4.69) is 9.97 Å². The molecule has 0 spiro atoms. The molecule has 1 aliphatic rings. The number of carbonyl (C=O) groups excluding carboxylic acids is 1. The maximum Gasteiger partial charge on any atom is 0.176 e. The number of ether oxygens (including phenoxy) is 2. The summed E-state index contributed by atoms with van der Waals surface area (Å²) < 4.78 is 10.7. The molecule has 2 heterocycles. The van der Waals surface area contributed by atoms with Gasteiger partial charge in [0.25, 0.3) is 0 Å². The standard InChI is InChI=1S/C22H24N4O4/c1-22(8-9-27)19(28)18(21-24-16-6-4-5-7-17(16)25-21)20(23)26(22)13-10-14(29-2)12-15(11-13)30-3/h4-7,10-12,18,23,27H,8-9H2,1-3H3,(H,24,25). The van der Waals surface area contributed by atoms with Crippen LogP contribution in [0.3, 0.4) is 0 Å². The Kier molecular flexibility index (Phi) is 4.95. The van der Waals surface area contributed by atoms with Gasteiger partial charge in [-0.1, -0.05) is 12.1 Å². The van der Waals surface area contributed by atoms with E-state index in [-0.39, 0.29) is 24.6 Å². The number of aromatic nitrogens is 2. The maximum atomic E-state index is 13.6. The SMILES string of the molecule is COc1cc(OC)cc(N2C(=N)C(c3nc4ccccc4[nH]3)C(=O)C2(C)CCO)c1. The van der Waals surface area contributed by atoms with Crippen LogP contribution in [0.25, 0.3) is 11.0 Å². The largest absolute Gasteiger partial charge is 0.497 e. The van der Waals surface area contributed by atoms with Crippen molar-refractivity contribution in [3.63, 3.8) is 0 Å². The Labute approximate surface area is 174 Å². The van der Waals surface area contributed by atoms with Gasteiger partial charge in [-0.05, 0) is 19.1 Å². The van der Waals surface area contributed by atoms with Crippen LogP contribution in [0.2, 0.25) is 0 Å². The summed E-state index contributed by atoms with van der Waals surface area (Å²) in [7, 11) is 3.09. The third-order valence-electron chi connectivity index (χ3n) is 5.68. The van der Waals surface area contributed by atoms with Gasteiger partial charge in [-0.2, -0.15) is 0 Å². The van der Waals surface area contributed by atoms with Crippen LogP contribution in [0, 0.1) is 5.41 Å². The van der Waals surface area contributed by atoms with Gasteiger partial charge in [0.1, 0.15) is 34.6 Å². The van der Waals surface area contributed by atoms with Crippen LogP contribution in [0.1, 0.15) is 25.1 Å². The molecule has 0 bridgehead atoms. The summed E-state index contributed by atoms with van der Waals surface area (Å²) >= 11 is 0. The molecule has 30 heavy (non-hydrogen) atoms. The van der Waals surface area contributed by atoms with Gasteiger partial charge in [-0.3, -0.25) is 10.2 Å². The highest BCUT2D eigenvalue weighted by atomic mass is 16.5. The maximum absolute atomic E-state index is 13.6. The number of nitrogens with one attached hydrogen (secondary N) is 2. The Morgan fingerprint density at radius 1 is 1.20 bits per heavy atom. The summed E-state index contributed by atoms with van der Waals surface area (Å²) in [4.78, 5) is 23.0. The molecule has 1 fully saturated rings. The third kappa shape index (κ3) is 3.00. The summed E-state index contributed by atoms with van der Waals surface area (Å²) in [5, 5.41) is 18.6. The van der Waals surface area contributed by atoms with Gasteiger partial charge in [0.15, 0.2) is 5.78 Å². The first kappa shape index (κ1) is 19.9. The fourth-order valence-corrected chi connectivity index (χ4v) is 4.10. The summed E-state index contributed by atoms with van der Waals surface area (Å²) in [5.74, 6) is 0.540. The molecule has 0 amide bonds. The van der Waals surface area contributed by atoms with Crippen LogP contribution in [0.15, 0.2) is 42.5 Å². The summed E-state index contributed by atoms with van der Waals surface area (Å²) in [6, 6.07) is 12.7. The highest BCUT2D eigenvalue weighted by Gasteiger charge is 2.55. The highest BCUT2D eigenvalue weighted by Crippen LogP contribution is 2.43. The number of hydrogen-bond acceptors (Lipinski definition) is 6. The van der Waals surface area contributed by atoms with Crippen LogP contribution < -0.4 is 14.4 Å². The number of Topliss-reactive ketones (excluding diaryl/α,β-unsaturated/α-hetero) is 1. The number of anilines is 1. The molecule has 3 aromatic rings. The molecule has 3 N–H and O–H groups in total. The first-order chi connectivity index (χ1) is 14.4. The van der Waals surface area contributed by atoms with Crippen molar-refractivity contribution < 1.29 is 19.4 Å². The average Bonchev–Trinajstić information content (AvgIpc) is 3.24. The number of fused-ring (bicyclic) bond motifs is 1. The van der Waals surface area contributed by atoms with Crippen molar-refractivity contribution in [3.05, 3.63) is 48.3 Å². The lowest BCUT2D eigenvalue weighted by molar-refractivity contribution is -0.122. The third-order valence-corrected chi connectivity index (χ3v) is 5.68. The van der Waals surface area contributed by atoms with E-state index in [1.807, 2.05) is 24.3 Å². The molecule has 1 aromatic heterocycles. The number of amidine groups is 1. The van der Waals surface area contributed by atoms with E-state index in [1.54, 1.807) is 44.2 Å². The predicted molar refractivity (Wildman–Crippen MR) is 114 cm³/mol. The molecule has 8 nitrogen and oxygen atoms in total. The first-order valence-corrected chi connectivity index (χ1v) is 9.64. The zero-order valence-electron chi connectivity index (χ0n) is 17.1. The van der Waals surface area contributed by atoms with Gasteiger partial charge < -0.3 is 24.5 Å². The number of hydrogen-bond donors (Lipinski definition) is 3. The Balaban J connectivity index is 1.85. The van der Waals surface area contributed by atoms with Gasteiger partial charge in [0.05, 0.1) is 30.9 Å². The Hall–Kier alpha value is -3.39. The van der Waals surface area contributed by atoms with Crippen molar-refractivity contribution in [1.29, 1.82) is 5.41 Å². The quantitative estimate of drug-likeness (QED) is 0.578. The van der Waals surface area contributed by atoms with E-state index in [0.29, 0.717) is 23.0 Å². The number of methoxy groups -OCH3 is 2. The summed E-state index contributed by atoms with van der Waals surface area (Å²) in [6.45, 7) is 1.55. The van der Waals surface area contributed by atoms with Crippen molar-refractivity contribution in [2.45, 2.75) is 24.8 Å². The monoisotopic (exact) mass is 408 g/mol. The lowest BCUT2D eigenvalue weighted by Gasteiger charge is -2.34. The molecule has 2 aromatic carbocycles. The van der Waals surface area contributed by atoms with E-state index in [4.69, 9.17) is 14.9 Å². The van der Waals surface area contributed by atoms with Crippen LogP contribution in [0.4, 0.5) is 5.69 Å². The fourth-order valence-electron chi connectivity index (χ4n) is 4.10. The predicted octanol–water partition coefficient (Wildman–Crippen LogP) is 2.87. The van der Waals surface area contributed by atoms with Crippen LogP contribution >= 0.6 is 0 Å². The second-order valence-electron chi connectivity index (χ2n) is 7.48. The van der Waals surface area contributed by atoms with Crippen molar-refractivity contribution in [2.75, 3.05) is 25.7 Å². The van der Waals surface area contributed by atoms with Crippen molar-refractivity contribution in [3.8, 4) is 11.5 Å². The molecule has 0 aliphatic carbocycles. The zero-order chi connectivity index (χ0) is 21.5. The average molecular weight is 408 g/mol. The fraction of sp³-hybridized carbons (Fsp3) is 0.318. The molecule has 4 rings (SSSR count). The second-order valence-corrected chi connectivity index (χ2v) is 7.48. The van der Waals surface area contributed by atoms with Gasteiger partial charge in [0.2, 0.25) is 0 Å². The number of ketones is 1. The molecular weight excluding hydrogens is 384 g/mol. The minimum Gasteiger partial charge on any atom is -0.497 e. The number of benzene rings is 2. The summed E-state index contributed by atoms with van der Waals surface area (Å²) in [5.41, 5.74) is 1.00. The van der Waals surface area contributed by atoms with Gasteiger partial charge in [-0.15, -0.1) is 0 Å². The van der Waals surface area contributed by atoms with E-state index >= 15 is 0 Å². The Bertz CT molecular complexity index is 1070. The zero-order valence-corrected chi connectivity index (χ0v) is 17.1. The smallest absolute Gasteiger partial charge is 0.176 e. The minimum atomic E-state index is -1.12. The lowest BCUT2D eigenvalue weighted by atomic mass is 9.88. The van der Waals surface area contributed by atoms with Crippen molar-refractivity contribution in [1.82, 2.24) is 9.97 Å². The van der Waals surface area contributed by atoms with Crippen molar-refractivity contribution >= 4 is 28.3 Å². The Morgan fingerprint density at radius 3 is 2.47 bits per heavy atom. The van der Waals surface area contributed by atoms with Gasteiger partial charge >= 0.3 is 0 Å². The number of aliphatic hydroxyl groups is 1. The lowest BCUT2D eigenvalue weighted by Crippen LogP contribution is -2.48. The van der Waals surface area contributed by atoms with Crippen LogP contribution in [-0.4, -0.2) is 53.1 Å². The number of nitrogens with zero attached hydrogens (tertiary/aromatic N) is 2. The molecule has 2 unspecified atom stereocenters. The summed E-state index contributed by atoms with van der Waals surface area (Å²) in [6.07, 6.45) is 0.171. The molecule has 0 saturated carbocycles. The molecule has 1 aliphatic heterocycles. The van der Waals surface area contributed by atoms with E-state index in [9.17, 15) is 9.90 Å². The number of imidazole rings is 1. The molecule has 2 atom stereocenters. The second kappa shape index (κ2) is 7.46. The first-order valence-electron chi connectivity index (χ1n) is 9.64. The topological polar surface area (TPSA) is 112 Å². The number of para-hydroxylation sites is 2. The van der Waals surface area contributed by atoms with E-state index in [1.165, 1.54) is 0 Å².